The van der Waals surface area contributed by atoms with Crippen LogP contribution in [0.25, 0.3) is 11.1 Å². The molecule has 0 spiro atoms. The first-order chi connectivity index (χ1) is 6.79. The van der Waals surface area contributed by atoms with Gasteiger partial charge in [0.1, 0.15) is 5.82 Å². The third-order valence-corrected chi connectivity index (χ3v) is 1.91. The SMILES string of the molecule is Nc1cnccc1-c1ccncc1F. The van der Waals surface area contributed by atoms with Gasteiger partial charge in [0.25, 0.3) is 0 Å². The maximum Gasteiger partial charge on any atom is 0.149 e. The highest BCUT2D eigenvalue weighted by Gasteiger charge is 2.06. The summed E-state index contributed by atoms with van der Waals surface area (Å²) in [6.07, 6.45) is 5.76. The molecular weight excluding hydrogens is 181 g/mol. The molecule has 14 heavy (non-hydrogen) atoms. The van der Waals surface area contributed by atoms with E-state index < -0.39 is 0 Å². The molecule has 2 heterocycles. The molecule has 0 atom stereocenters. The van der Waals surface area contributed by atoms with Gasteiger partial charge in [0.15, 0.2) is 0 Å². The summed E-state index contributed by atoms with van der Waals surface area (Å²) in [4.78, 5) is 7.51. The van der Waals surface area contributed by atoms with Crippen molar-refractivity contribution >= 4 is 5.69 Å². The molecule has 0 aliphatic carbocycles. The van der Waals surface area contributed by atoms with Crippen LogP contribution in [0.15, 0.2) is 36.9 Å². The maximum absolute atomic E-state index is 13.3. The summed E-state index contributed by atoms with van der Waals surface area (Å²) in [7, 11) is 0. The Morgan fingerprint density at radius 3 is 2.29 bits per heavy atom. The van der Waals surface area contributed by atoms with Crippen molar-refractivity contribution in [1.82, 2.24) is 9.97 Å². The van der Waals surface area contributed by atoms with Crippen LogP contribution in [0.4, 0.5) is 10.1 Å². The Morgan fingerprint density at radius 2 is 1.64 bits per heavy atom. The van der Waals surface area contributed by atoms with Gasteiger partial charge in [-0.2, -0.15) is 0 Å². The van der Waals surface area contributed by atoms with Crippen LogP contribution < -0.4 is 5.73 Å². The molecule has 0 aliphatic rings. The van der Waals surface area contributed by atoms with E-state index in [1.54, 1.807) is 18.3 Å². The van der Waals surface area contributed by atoms with Gasteiger partial charge in [-0.3, -0.25) is 9.97 Å². The number of rotatable bonds is 1. The van der Waals surface area contributed by atoms with E-state index in [4.69, 9.17) is 5.73 Å². The Hall–Kier alpha value is -1.97. The molecule has 70 valence electrons. The van der Waals surface area contributed by atoms with Gasteiger partial charge in [0.2, 0.25) is 0 Å². The zero-order valence-electron chi connectivity index (χ0n) is 7.31. The molecule has 2 N–H and O–H groups in total. The van der Waals surface area contributed by atoms with E-state index in [1.165, 1.54) is 12.4 Å². The fourth-order valence-electron chi connectivity index (χ4n) is 1.25. The first-order valence-electron chi connectivity index (χ1n) is 4.08. The second kappa shape index (κ2) is 3.41. The van der Waals surface area contributed by atoms with Crippen molar-refractivity contribution in [3.8, 4) is 11.1 Å². The third-order valence-electron chi connectivity index (χ3n) is 1.91. The van der Waals surface area contributed by atoms with Crippen LogP contribution in [0.1, 0.15) is 0 Å². The fraction of sp³-hybridized carbons (Fsp3) is 0. The quantitative estimate of drug-likeness (QED) is 0.744. The van der Waals surface area contributed by atoms with Gasteiger partial charge < -0.3 is 5.73 Å². The number of nitrogens with zero attached hydrogens (tertiary/aromatic N) is 2. The van der Waals surface area contributed by atoms with Crippen LogP contribution in [0.5, 0.6) is 0 Å². The maximum atomic E-state index is 13.3. The minimum absolute atomic E-state index is 0.384. The van der Waals surface area contributed by atoms with E-state index in [1.807, 2.05) is 0 Å². The molecule has 0 saturated carbocycles. The number of nitrogens with two attached hydrogens (primary N) is 1. The summed E-state index contributed by atoms with van der Waals surface area (Å²) in [5.74, 6) is -0.384. The summed E-state index contributed by atoms with van der Waals surface area (Å²) < 4.78 is 13.3. The summed E-state index contributed by atoms with van der Waals surface area (Å²) in [5.41, 5.74) is 7.21. The molecule has 2 aromatic heterocycles. The van der Waals surface area contributed by atoms with Crippen molar-refractivity contribution in [3.63, 3.8) is 0 Å². The number of aromatic nitrogens is 2. The highest BCUT2D eigenvalue weighted by molar-refractivity contribution is 5.75. The second-order valence-corrected chi connectivity index (χ2v) is 2.82. The molecule has 4 heteroatoms. The summed E-state index contributed by atoms with van der Waals surface area (Å²) >= 11 is 0. The van der Waals surface area contributed by atoms with Crippen molar-refractivity contribution in [2.75, 3.05) is 5.73 Å². The zero-order chi connectivity index (χ0) is 9.97. The number of anilines is 1. The van der Waals surface area contributed by atoms with E-state index in [0.29, 0.717) is 16.8 Å². The number of nitrogen functional groups attached to an aromatic ring is 1. The minimum Gasteiger partial charge on any atom is -0.397 e. The Kier molecular flexibility index (Phi) is 2.10. The lowest BCUT2D eigenvalue weighted by atomic mass is 10.1. The Morgan fingerprint density at radius 1 is 1.00 bits per heavy atom. The van der Waals surface area contributed by atoms with E-state index in [-0.39, 0.29) is 5.82 Å². The number of halogens is 1. The summed E-state index contributed by atoms with van der Waals surface area (Å²) in [5, 5.41) is 0. The highest BCUT2D eigenvalue weighted by atomic mass is 19.1. The summed E-state index contributed by atoms with van der Waals surface area (Å²) in [6.45, 7) is 0. The average Bonchev–Trinajstić information content (AvgIpc) is 2.20. The highest BCUT2D eigenvalue weighted by Crippen LogP contribution is 2.25. The Labute approximate surface area is 80.4 Å². The van der Waals surface area contributed by atoms with Gasteiger partial charge in [-0.25, -0.2) is 4.39 Å². The monoisotopic (exact) mass is 189 g/mol. The molecule has 0 unspecified atom stereocenters. The van der Waals surface area contributed by atoms with E-state index >= 15 is 0 Å². The Balaban J connectivity index is 2.61. The predicted octanol–water partition coefficient (Wildman–Crippen LogP) is 1.86. The van der Waals surface area contributed by atoms with Crippen molar-refractivity contribution in [2.24, 2.45) is 0 Å². The Bertz CT molecular complexity index is 413. The van der Waals surface area contributed by atoms with Crippen LogP contribution in [0.3, 0.4) is 0 Å². The van der Waals surface area contributed by atoms with Crippen molar-refractivity contribution in [1.29, 1.82) is 0 Å². The molecule has 0 saturated heterocycles. The predicted molar refractivity (Wildman–Crippen MR) is 51.8 cm³/mol. The van der Waals surface area contributed by atoms with Crippen molar-refractivity contribution in [2.45, 2.75) is 0 Å². The number of hydrogen-bond acceptors (Lipinski definition) is 3. The van der Waals surface area contributed by atoms with Crippen LogP contribution in [0, 0.1) is 5.82 Å². The first-order valence-corrected chi connectivity index (χ1v) is 4.08. The van der Waals surface area contributed by atoms with Gasteiger partial charge in [-0.15, -0.1) is 0 Å². The third kappa shape index (κ3) is 1.42. The standard InChI is InChI=1S/C10H8FN3/c11-9-5-13-3-1-7(9)8-2-4-14-6-10(8)12/h1-6H,12H2. The molecule has 3 nitrogen and oxygen atoms in total. The van der Waals surface area contributed by atoms with Gasteiger partial charge in [0.05, 0.1) is 18.1 Å². The lowest BCUT2D eigenvalue weighted by molar-refractivity contribution is 0.625. The normalized spacial score (nSPS) is 10.1. The van der Waals surface area contributed by atoms with Gasteiger partial charge >= 0.3 is 0 Å². The number of pyridine rings is 2. The van der Waals surface area contributed by atoms with Crippen LogP contribution in [0.2, 0.25) is 0 Å². The van der Waals surface area contributed by atoms with Crippen LogP contribution in [-0.4, -0.2) is 9.97 Å². The number of hydrogen-bond donors (Lipinski definition) is 1. The molecular formula is C10H8FN3. The van der Waals surface area contributed by atoms with Crippen molar-refractivity contribution in [3.05, 3.63) is 42.7 Å². The topological polar surface area (TPSA) is 51.8 Å². The molecule has 0 bridgehead atoms. The molecule has 0 aromatic carbocycles. The lowest BCUT2D eigenvalue weighted by Gasteiger charge is -2.04. The van der Waals surface area contributed by atoms with E-state index in [9.17, 15) is 4.39 Å². The summed E-state index contributed by atoms with van der Waals surface area (Å²) in [6, 6.07) is 3.26. The van der Waals surface area contributed by atoms with Crippen LogP contribution in [-0.2, 0) is 0 Å². The lowest BCUT2D eigenvalue weighted by Crippen LogP contribution is -1.93. The van der Waals surface area contributed by atoms with Crippen molar-refractivity contribution < 1.29 is 4.39 Å². The van der Waals surface area contributed by atoms with E-state index in [2.05, 4.69) is 9.97 Å². The molecule has 0 radical (unpaired) electrons. The van der Waals surface area contributed by atoms with Gasteiger partial charge in [0, 0.05) is 23.5 Å². The molecule has 0 aliphatic heterocycles. The zero-order valence-corrected chi connectivity index (χ0v) is 7.31. The fourth-order valence-corrected chi connectivity index (χ4v) is 1.25. The van der Waals surface area contributed by atoms with Crippen LogP contribution >= 0.6 is 0 Å². The first kappa shape index (κ1) is 8.62. The minimum atomic E-state index is -0.384. The second-order valence-electron chi connectivity index (χ2n) is 2.82. The molecule has 2 rings (SSSR count). The van der Waals surface area contributed by atoms with Gasteiger partial charge in [-0.1, -0.05) is 0 Å². The molecule has 0 amide bonds. The smallest absolute Gasteiger partial charge is 0.149 e. The molecule has 2 aromatic rings. The van der Waals surface area contributed by atoms with E-state index in [0.717, 1.165) is 6.20 Å². The van der Waals surface area contributed by atoms with Gasteiger partial charge in [-0.05, 0) is 12.1 Å². The molecule has 0 fully saturated rings. The average molecular weight is 189 g/mol. The largest absolute Gasteiger partial charge is 0.397 e.